The van der Waals surface area contributed by atoms with Gasteiger partial charge >= 0.3 is 0 Å². The highest BCUT2D eigenvalue weighted by Crippen LogP contribution is 2.50. The maximum Gasteiger partial charge on any atom is 0.191 e. The zero-order valence-corrected chi connectivity index (χ0v) is 16.5. The molecular formula is C21H34O5. The third-order valence-corrected chi connectivity index (χ3v) is 7.09. The van der Waals surface area contributed by atoms with Gasteiger partial charge in [0.05, 0.1) is 30.0 Å². The molecule has 0 saturated carbocycles. The maximum absolute atomic E-state index is 10.9. The van der Waals surface area contributed by atoms with Crippen molar-refractivity contribution in [3.05, 3.63) is 12.2 Å². The molecule has 3 fully saturated rings. The Bertz CT molecular complexity index is 553. The predicted octanol–water partition coefficient (Wildman–Crippen LogP) is 3.83. The van der Waals surface area contributed by atoms with Crippen LogP contribution < -0.4 is 0 Å². The molecule has 2 spiro atoms. The summed E-state index contributed by atoms with van der Waals surface area (Å²) in [7, 11) is 0. The molecule has 6 atom stereocenters. The first-order valence-corrected chi connectivity index (χ1v) is 10.4. The van der Waals surface area contributed by atoms with Crippen molar-refractivity contribution >= 4 is 0 Å². The molecule has 4 rings (SSSR count). The van der Waals surface area contributed by atoms with E-state index in [2.05, 4.69) is 26.0 Å². The lowest BCUT2D eigenvalue weighted by Crippen LogP contribution is -2.51. The first-order valence-electron chi connectivity index (χ1n) is 10.4. The van der Waals surface area contributed by atoms with E-state index in [4.69, 9.17) is 18.9 Å². The van der Waals surface area contributed by atoms with Crippen molar-refractivity contribution in [2.24, 2.45) is 0 Å². The third kappa shape index (κ3) is 3.26. The number of ether oxygens (including phenoxy) is 4. The van der Waals surface area contributed by atoms with Crippen LogP contribution in [0.15, 0.2) is 12.2 Å². The molecule has 5 nitrogen and oxygen atoms in total. The van der Waals surface area contributed by atoms with Crippen LogP contribution in [0.5, 0.6) is 0 Å². The number of rotatable bonds is 5. The van der Waals surface area contributed by atoms with Gasteiger partial charge in [0, 0.05) is 19.3 Å². The summed E-state index contributed by atoms with van der Waals surface area (Å²) in [5, 5.41) is 10.9. The lowest BCUT2D eigenvalue weighted by atomic mass is 9.87. The highest BCUT2D eigenvalue weighted by Gasteiger charge is 2.56. The van der Waals surface area contributed by atoms with Gasteiger partial charge in [-0.25, -0.2) is 0 Å². The van der Waals surface area contributed by atoms with E-state index in [1.54, 1.807) is 0 Å². The van der Waals surface area contributed by atoms with E-state index >= 15 is 0 Å². The first kappa shape index (κ1) is 18.9. The molecule has 0 bridgehead atoms. The molecule has 0 aliphatic carbocycles. The van der Waals surface area contributed by atoms with E-state index < -0.39 is 23.3 Å². The van der Waals surface area contributed by atoms with E-state index in [0.717, 1.165) is 58.0 Å². The van der Waals surface area contributed by atoms with E-state index in [-0.39, 0.29) is 5.60 Å². The lowest BCUT2D eigenvalue weighted by Gasteiger charge is -2.45. The summed E-state index contributed by atoms with van der Waals surface area (Å²) >= 11 is 0. The molecule has 0 radical (unpaired) electrons. The number of epoxide rings is 1. The monoisotopic (exact) mass is 366 g/mol. The molecular weight excluding hydrogens is 332 g/mol. The lowest BCUT2D eigenvalue weighted by molar-refractivity contribution is -0.361. The van der Waals surface area contributed by atoms with E-state index in [9.17, 15) is 5.11 Å². The minimum Gasteiger partial charge on any atom is -0.390 e. The van der Waals surface area contributed by atoms with Gasteiger partial charge in [-0.1, -0.05) is 13.0 Å². The average molecular weight is 366 g/mol. The van der Waals surface area contributed by atoms with Crippen LogP contribution in [0.2, 0.25) is 0 Å². The molecule has 4 aliphatic heterocycles. The van der Waals surface area contributed by atoms with E-state index in [1.807, 2.05) is 6.92 Å². The van der Waals surface area contributed by atoms with Gasteiger partial charge in [0.2, 0.25) is 0 Å². The highest BCUT2D eigenvalue weighted by atomic mass is 16.8. The normalized spacial score (nSPS) is 49.0. The Morgan fingerprint density at radius 2 is 2.00 bits per heavy atom. The summed E-state index contributed by atoms with van der Waals surface area (Å²) in [5.41, 5.74) is -0.605. The summed E-state index contributed by atoms with van der Waals surface area (Å²) in [6.45, 7) is 7.03. The molecule has 3 saturated heterocycles. The van der Waals surface area contributed by atoms with Gasteiger partial charge in [0.15, 0.2) is 11.6 Å². The fraction of sp³-hybridized carbons (Fsp3) is 0.905. The van der Waals surface area contributed by atoms with E-state index in [1.165, 1.54) is 0 Å². The Hall–Kier alpha value is -0.460. The summed E-state index contributed by atoms with van der Waals surface area (Å²) in [6.07, 6.45) is 11.9. The fourth-order valence-electron chi connectivity index (χ4n) is 5.04. The zero-order chi connectivity index (χ0) is 18.5. The maximum atomic E-state index is 10.9. The van der Waals surface area contributed by atoms with Gasteiger partial charge in [-0.15, -0.1) is 0 Å². The second-order valence-corrected chi connectivity index (χ2v) is 8.88. The minimum absolute atomic E-state index is 0.0301. The number of aliphatic hydroxyl groups is 1. The Balaban J connectivity index is 1.39. The Kier molecular flexibility index (Phi) is 4.76. The van der Waals surface area contributed by atoms with Crippen LogP contribution in [0.3, 0.4) is 0 Å². The smallest absolute Gasteiger partial charge is 0.191 e. The van der Waals surface area contributed by atoms with Crippen molar-refractivity contribution in [2.45, 2.75) is 114 Å². The second-order valence-electron chi connectivity index (χ2n) is 8.88. The van der Waals surface area contributed by atoms with E-state index in [0.29, 0.717) is 12.5 Å². The van der Waals surface area contributed by atoms with Crippen LogP contribution in [0.1, 0.15) is 78.6 Å². The van der Waals surface area contributed by atoms with Gasteiger partial charge in [0.1, 0.15) is 0 Å². The van der Waals surface area contributed by atoms with Crippen molar-refractivity contribution in [1.82, 2.24) is 0 Å². The van der Waals surface area contributed by atoms with Gasteiger partial charge in [-0.3, -0.25) is 0 Å². The van der Waals surface area contributed by atoms with Crippen LogP contribution in [0, 0.1) is 0 Å². The summed E-state index contributed by atoms with van der Waals surface area (Å²) in [5.74, 6) is -1.29. The van der Waals surface area contributed by atoms with Crippen LogP contribution in [-0.4, -0.2) is 46.7 Å². The summed E-state index contributed by atoms with van der Waals surface area (Å²) < 4.78 is 24.7. The van der Waals surface area contributed by atoms with Crippen molar-refractivity contribution in [2.75, 3.05) is 6.61 Å². The molecule has 148 valence electrons. The van der Waals surface area contributed by atoms with Gasteiger partial charge in [-0.2, -0.15) is 0 Å². The Morgan fingerprint density at radius 3 is 2.65 bits per heavy atom. The fourth-order valence-corrected chi connectivity index (χ4v) is 5.04. The predicted molar refractivity (Wildman–Crippen MR) is 97.6 cm³/mol. The molecule has 5 heteroatoms. The largest absolute Gasteiger partial charge is 0.390 e. The third-order valence-electron chi connectivity index (χ3n) is 7.09. The average Bonchev–Trinajstić information content (AvgIpc) is 3.17. The topological polar surface area (TPSA) is 60.5 Å². The molecule has 0 aromatic rings. The van der Waals surface area contributed by atoms with Crippen molar-refractivity contribution in [1.29, 1.82) is 0 Å². The number of hydrogen-bond acceptors (Lipinski definition) is 5. The van der Waals surface area contributed by atoms with Crippen LogP contribution >= 0.6 is 0 Å². The Morgan fingerprint density at radius 1 is 1.19 bits per heavy atom. The summed E-state index contributed by atoms with van der Waals surface area (Å²) in [6, 6.07) is 0. The molecule has 0 aromatic heterocycles. The molecule has 4 heterocycles. The van der Waals surface area contributed by atoms with Crippen LogP contribution in [0.4, 0.5) is 0 Å². The molecule has 26 heavy (non-hydrogen) atoms. The minimum atomic E-state index is -0.659. The zero-order valence-electron chi connectivity index (χ0n) is 16.5. The van der Waals surface area contributed by atoms with Crippen molar-refractivity contribution < 1.29 is 24.1 Å². The van der Waals surface area contributed by atoms with Gasteiger partial charge in [0.25, 0.3) is 0 Å². The van der Waals surface area contributed by atoms with Gasteiger partial charge in [-0.05, 0) is 58.4 Å². The van der Waals surface area contributed by atoms with Gasteiger partial charge < -0.3 is 24.1 Å². The van der Waals surface area contributed by atoms with Crippen molar-refractivity contribution in [3.63, 3.8) is 0 Å². The first-order chi connectivity index (χ1) is 12.4. The molecule has 4 aliphatic rings. The number of hydrogen-bond donors (Lipinski definition) is 1. The molecule has 0 aromatic carbocycles. The van der Waals surface area contributed by atoms with Crippen LogP contribution in [-0.2, 0) is 18.9 Å². The molecule has 0 amide bonds. The Labute approximate surface area is 157 Å². The SMILES string of the molecule is CC[C@]1(CC[C@H](O)[C@@]2(C)CC[C@]3(CC=C[C@]4(CCCCO4)O3)O2)O[C@@H]1C. The van der Waals surface area contributed by atoms with Crippen LogP contribution in [0.25, 0.3) is 0 Å². The second kappa shape index (κ2) is 6.56. The highest BCUT2D eigenvalue weighted by molar-refractivity contribution is 5.09. The number of aliphatic hydroxyl groups excluding tert-OH is 1. The molecule has 0 unspecified atom stereocenters. The van der Waals surface area contributed by atoms with Crippen molar-refractivity contribution in [3.8, 4) is 0 Å². The standard InChI is InChI=1S/C21H34O5/c1-4-19(16(2)24-19)12-8-17(22)18(3)13-14-21(25-18)11-7-10-20(26-21)9-5-6-15-23-20/h7,10,16-17,22H,4-6,8-9,11-15H2,1-3H3/t16-,17+,18-,19-,20+,21-/m1/s1. The molecule has 1 N–H and O–H groups in total. The quantitative estimate of drug-likeness (QED) is 0.592. The summed E-state index contributed by atoms with van der Waals surface area (Å²) in [4.78, 5) is 0.